The summed E-state index contributed by atoms with van der Waals surface area (Å²) in [4.78, 5) is 14.4. The molecule has 0 radical (unpaired) electrons. The molecule has 3 atom stereocenters. The third kappa shape index (κ3) is 2.21. The lowest BCUT2D eigenvalue weighted by atomic mass is 9.83. The molecule has 0 spiro atoms. The summed E-state index contributed by atoms with van der Waals surface area (Å²) in [5.74, 6) is 2.99. The van der Waals surface area contributed by atoms with Crippen LogP contribution in [0, 0.1) is 23.7 Å². The first kappa shape index (κ1) is 11.8. The van der Waals surface area contributed by atoms with Gasteiger partial charge in [0.05, 0.1) is 0 Å². The lowest BCUT2D eigenvalue weighted by Gasteiger charge is -2.35. The second kappa shape index (κ2) is 4.46. The van der Waals surface area contributed by atoms with Crippen molar-refractivity contribution in [3.8, 4) is 0 Å². The van der Waals surface area contributed by atoms with Crippen molar-refractivity contribution in [1.29, 1.82) is 0 Å². The predicted molar refractivity (Wildman–Crippen MR) is 68.9 cm³/mol. The van der Waals surface area contributed by atoms with Crippen molar-refractivity contribution in [2.24, 2.45) is 23.7 Å². The van der Waals surface area contributed by atoms with Crippen molar-refractivity contribution >= 4 is 17.5 Å². The summed E-state index contributed by atoms with van der Waals surface area (Å²) in [6.45, 7) is 0.927. The number of hydrogen-bond acceptors (Lipinski definition) is 1. The van der Waals surface area contributed by atoms with Crippen LogP contribution in [0.3, 0.4) is 0 Å². The van der Waals surface area contributed by atoms with Crippen LogP contribution in [0.1, 0.15) is 38.5 Å². The van der Waals surface area contributed by atoms with E-state index in [0.717, 1.165) is 31.7 Å². The quantitative estimate of drug-likeness (QED) is 0.710. The summed E-state index contributed by atoms with van der Waals surface area (Å²) in [5, 5.41) is 0.367. The Morgan fingerprint density at radius 2 is 2.00 bits per heavy atom. The Bertz CT molecular complexity index is 313. The normalized spacial score (nSPS) is 43.5. The van der Waals surface area contributed by atoms with Gasteiger partial charge in [-0.05, 0) is 49.9 Å². The zero-order valence-corrected chi connectivity index (χ0v) is 11.3. The average Bonchev–Trinajstić information content (AvgIpc) is 2.87. The van der Waals surface area contributed by atoms with Crippen molar-refractivity contribution in [1.82, 2.24) is 4.90 Å². The summed E-state index contributed by atoms with van der Waals surface area (Å²) in [7, 11) is 1.98. The molecule has 3 aliphatic rings. The van der Waals surface area contributed by atoms with Crippen molar-refractivity contribution in [3.63, 3.8) is 0 Å². The Morgan fingerprint density at radius 1 is 1.24 bits per heavy atom. The van der Waals surface area contributed by atoms with E-state index >= 15 is 0 Å². The largest absolute Gasteiger partial charge is 0.345 e. The molecule has 3 heteroatoms. The molecule has 2 nitrogen and oxygen atoms in total. The summed E-state index contributed by atoms with van der Waals surface area (Å²) in [6.07, 6.45) is 7.33. The molecule has 3 unspecified atom stereocenters. The first-order valence-electron chi connectivity index (χ1n) is 7.02. The Hall–Kier alpha value is -0.240. The van der Waals surface area contributed by atoms with E-state index in [1.807, 2.05) is 11.9 Å². The zero-order chi connectivity index (χ0) is 12.0. The van der Waals surface area contributed by atoms with Crippen LogP contribution in [-0.4, -0.2) is 29.8 Å². The van der Waals surface area contributed by atoms with Gasteiger partial charge in [-0.15, -0.1) is 11.6 Å². The van der Waals surface area contributed by atoms with Gasteiger partial charge in [0.1, 0.15) is 0 Å². The van der Waals surface area contributed by atoms with Gasteiger partial charge in [0, 0.05) is 24.9 Å². The van der Waals surface area contributed by atoms with Crippen LogP contribution >= 0.6 is 11.6 Å². The summed E-state index contributed by atoms with van der Waals surface area (Å²) in [5.41, 5.74) is 0. The van der Waals surface area contributed by atoms with Gasteiger partial charge in [-0.2, -0.15) is 0 Å². The SMILES string of the molecule is CN(CC1CC(Cl)C1)C(=O)C1CC2CCC1C2. The molecule has 0 aromatic carbocycles. The van der Waals surface area contributed by atoms with Crippen molar-refractivity contribution in [2.45, 2.75) is 43.9 Å². The van der Waals surface area contributed by atoms with E-state index in [-0.39, 0.29) is 0 Å². The Balaban J connectivity index is 1.51. The van der Waals surface area contributed by atoms with Crippen LogP contribution in [-0.2, 0) is 4.79 Å². The van der Waals surface area contributed by atoms with Gasteiger partial charge in [-0.25, -0.2) is 0 Å². The predicted octanol–water partition coefficient (Wildman–Crippen LogP) is 2.90. The first-order valence-corrected chi connectivity index (χ1v) is 7.46. The second-order valence-electron chi connectivity index (χ2n) is 6.43. The maximum atomic E-state index is 12.4. The molecule has 0 aromatic rings. The third-order valence-corrected chi connectivity index (χ3v) is 5.50. The van der Waals surface area contributed by atoms with Crippen LogP contribution in [0.5, 0.6) is 0 Å². The van der Waals surface area contributed by atoms with E-state index in [9.17, 15) is 4.79 Å². The highest BCUT2D eigenvalue weighted by Gasteiger charge is 2.44. The monoisotopic (exact) mass is 255 g/mol. The van der Waals surface area contributed by atoms with Gasteiger partial charge in [0.15, 0.2) is 0 Å². The minimum Gasteiger partial charge on any atom is -0.345 e. The van der Waals surface area contributed by atoms with Gasteiger partial charge < -0.3 is 4.90 Å². The average molecular weight is 256 g/mol. The van der Waals surface area contributed by atoms with Crippen LogP contribution < -0.4 is 0 Å². The highest BCUT2D eigenvalue weighted by molar-refractivity contribution is 6.21. The third-order valence-electron chi connectivity index (χ3n) is 5.14. The number of amides is 1. The first-order chi connectivity index (χ1) is 8.13. The molecule has 0 heterocycles. The number of rotatable bonds is 3. The minimum atomic E-state index is 0.352. The maximum absolute atomic E-state index is 12.4. The summed E-state index contributed by atoms with van der Waals surface area (Å²) >= 11 is 5.98. The Labute approximate surface area is 109 Å². The molecule has 3 saturated carbocycles. The fraction of sp³-hybridized carbons (Fsp3) is 0.929. The van der Waals surface area contributed by atoms with Gasteiger partial charge in [-0.3, -0.25) is 4.79 Å². The van der Waals surface area contributed by atoms with Crippen molar-refractivity contribution in [2.75, 3.05) is 13.6 Å². The molecule has 0 aliphatic heterocycles. The highest BCUT2D eigenvalue weighted by Crippen LogP contribution is 2.49. The maximum Gasteiger partial charge on any atom is 0.225 e. The molecule has 0 N–H and O–H groups in total. The smallest absolute Gasteiger partial charge is 0.225 e. The van der Waals surface area contributed by atoms with Crippen molar-refractivity contribution < 1.29 is 4.79 Å². The molecular formula is C14H22ClNO. The highest BCUT2D eigenvalue weighted by atomic mass is 35.5. The van der Waals surface area contributed by atoms with E-state index in [1.54, 1.807) is 0 Å². The van der Waals surface area contributed by atoms with E-state index in [0.29, 0.717) is 29.0 Å². The second-order valence-corrected chi connectivity index (χ2v) is 7.05. The van der Waals surface area contributed by atoms with Crippen LogP contribution in [0.25, 0.3) is 0 Å². The number of carbonyl (C=O) groups is 1. The lowest BCUT2D eigenvalue weighted by molar-refractivity contribution is -0.136. The number of nitrogens with zero attached hydrogens (tertiary/aromatic N) is 1. The molecule has 3 fully saturated rings. The number of hydrogen-bond donors (Lipinski definition) is 0. The number of halogens is 1. The summed E-state index contributed by atoms with van der Waals surface area (Å²) < 4.78 is 0. The molecule has 2 bridgehead atoms. The van der Waals surface area contributed by atoms with Gasteiger partial charge in [0.2, 0.25) is 5.91 Å². The molecule has 17 heavy (non-hydrogen) atoms. The minimum absolute atomic E-state index is 0.352. The van der Waals surface area contributed by atoms with Gasteiger partial charge >= 0.3 is 0 Å². The molecule has 1 amide bonds. The number of carbonyl (C=O) groups excluding carboxylic acids is 1. The standard InChI is InChI=1S/C14H22ClNO/c1-16(8-10-5-12(15)6-10)14(17)13-7-9-2-3-11(13)4-9/h9-13H,2-8H2,1H3. The molecule has 0 aromatic heterocycles. The Kier molecular flexibility index (Phi) is 3.10. The van der Waals surface area contributed by atoms with Gasteiger partial charge in [-0.1, -0.05) is 6.42 Å². The fourth-order valence-electron chi connectivity index (χ4n) is 4.11. The Morgan fingerprint density at radius 3 is 2.53 bits per heavy atom. The lowest BCUT2D eigenvalue weighted by Crippen LogP contribution is -2.41. The van der Waals surface area contributed by atoms with Crippen LogP contribution in [0.15, 0.2) is 0 Å². The van der Waals surface area contributed by atoms with E-state index < -0.39 is 0 Å². The summed E-state index contributed by atoms with van der Waals surface area (Å²) in [6, 6.07) is 0. The number of fused-ring (bicyclic) bond motifs is 2. The molecular weight excluding hydrogens is 234 g/mol. The fourth-order valence-corrected chi connectivity index (χ4v) is 4.61. The van der Waals surface area contributed by atoms with E-state index in [2.05, 4.69) is 0 Å². The van der Waals surface area contributed by atoms with E-state index in [4.69, 9.17) is 11.6 Å². The van der Waals surface area contributed by atoms with Crippen LogP contribution in [0.2, 0.25) is 0 Å². The molecule has 3 rings (SSSR count). The molecule has 96 valence electrons. The topological polar surface area (TPSA) is 20.3 Å². The van der Waals surface area contributed by atoms with Gasteiger partial charge in [0.25, 0.3) is 0 Å². The van der Waals surface area contributed by atoms with E-state index in [1.165, 1.54) is 19.3 Å². The zero-order valence-electron chi connectivity index (χ0n) is 10.6. The van der Waals surface area contributed by atoms with Crippen LogP contribution in [0.4, 0.5) is 0 Å². The number of alkyl halides is 1. The molecule has 0 saturated heterocycles. The molecule has 3 aliphatic carbocycles. The van der Waals surface area contributed by atoms with Crippen molar-refractivity contribution in [3.05, 3.63) is 0 Å².